The molecule has 1 aliphatic heterocycles. The maximum absolute atomic E-state index is 13.6. The van der Waals surface area contributed by atoms with Gasteiger partial charge in [0.2, 0.25) is 0 Å². The third-order valence-electron chi connectivity index (χ3n) is 6.42. The summed E-state index contributed by atoms with van der Waals surface area (Å²) in [6.07, 6.45) is 4.74. The number of pyridine rings is 1. The minimum atomic E-state index is -3.05. The fraction of sp³-hybridized carbons (Fsp3) is 0.667. The molecule has 3 fully saturated rings. The van der Waals surface area contributed by atoms with Crippen molar-refractivity contribution in [3.8, 4) is 0 Å². The van der Waals surface area contributed by atoms with E-state index < -0.39 is 9.84 Å². The molecule has 9 heteroatoms. The van der Waals surface area contributed by atoms with Gasteiger partial charge in [0, 0.05) is 31.3 Å². The van der Waals surface area contributed by atoms with Crippen molar-refractivity contribution in [3.63, 3.8) is 0 Å². The van der Waals surface area contributed by atoms with Crippen LogP contribution in [-0.2, 0) is 14.6 Å². The van der Waals surface area contributed by atoms with E-state index in [9.17, 15) is 13.2 Å². The van der Waals surface area contributed by atoms with Gasteiger partial charge >= 0.3 is 0 Å². The molecule has 0 radical (unpaired) electrons. The van der Waals surface area contributed by atoms with Gasteiger partial charge in [0.1, 0.15) is 0 Å². The van der Waals surface area contributed by atoms with Crippen LogP contribution in [0.4, 0.5) is 0 Å². The van der Waals surface area contributed by atoms with E-state index >= 15 is 0 Å². The molecule has 0 N–H and O–H groups in total. The largest absolute Gasteiger partial charge is 0.383 e. The van der Waals surface area contributed by atoms with Crippen LogP contribution in [0.3, 0.4) is 0 Å². The molecule has 1 atom stereocenters. The summed E-state index contributed by atoms with van der Waals surface area (Å²) in [5.41, 5.74) is 2.96. The molecular formula is C21H28N4O4S. The molecule has 2 aliphatic carbocycles. The minimum absolute atomic E-state index is 0.00513. The van der Waals surface area contributed by atoms with Gasteiger partial charge in [-0.15, -0.1) is 0 Å². The fourth-order valence-electron chi connectivity index (χ4n) is 4.49. The Labute approximate surface area is 176 Å². The third-order valence-corrected chi connectivity index (χ3v) is 8.17. The Morgan fingerprint density at radius 2 is 2.03 bits per heavy atom. The van der Waals surface area contributed by atoms with Gasteiger partial charge in [0.05, 0.1) is 40.8 Å². The molecule has 2 aromatic rings. The number of carbonyl (C=O) groups excluding carboxylic acids is 1. The highest BCUT2D eigenvalue weighted by molar-refractivity contribution is 7.91. The first-order valence-electron chi connectivity index (χ1n) is 10.8. The average Bonchev–Trinajstić information content (AvgIpc) is 3.63. The van der Waals surface area contributed by atoms with E-state index in [0.29, 0.717) is 36.7 Å². The van der Waals surface area contributed by atoms with E-state index in [1.807, 2.05) is 17.9 Å². The Morgan fingerprint density at radius 3 is 2.63 bits per heavy atom. The standard InChI is InChI=1S/C21H28N4O4S/c1-13-19-17(21(26)24(8-9-29-2)15-5-6-15)11-18(14-3-4-14)22-20(19)25(23-13)16-7-10-30(27,28)12-16/h11,14-16H,3-10,12H2,1-2H3. The number of ether oxygens (including phenoxy) is 1. The second-order valence-electron chi connectivity index (χ2n) is 8.88. The SMILES string of the molecule is COCCN(C(=O)c1cc(C2CC2)nc2c1c(C)nn2C1CCS(=O)(=O)C1)C1CC1. The molecule has 5 rings (SSSR count). The summed E-state index contributed by atoms with van der Waals surface area (Å²) in [6.45, 7) is 2.95. The lowest BCUT2D eigenvalue weighted by atomic mass is 10.1. The Bertz CT molecular complexity index is 1100. The predicted molar refractivity (Wildman–Crippen MR) is 112 cm³/mol. The van der Waals surface area contributed by atoms with Gasteiger partial charge in [-0.1, -0.05) is 0 Å². The number of nitrogens with zero attached hydrogens (tertiary/aromatic N) is 4. The van der Waals surface area contributed by atoms with Crippen molar-refractivity contribution in [2.24, 2.45) is 0 Å². The smallest absolute Gasteiger partial charge is 0.255 e. The molecule has 3 heterocycles. The summed E-state index contributed by atoms with van der Waals surface area (Å²) < 4.78 is 31.1. The first-order chi connectivity index (χ1) is 14.4. The van der Waals surface area contributed by atoms with Crippen LogP contribution in [0.15, 0.2) is 6.07 Å². The zero-order valence-electron chi connectivity index (χ0n) is 17.5. The Hall–Kier alpha value is -2.00. The van der Waals surface area contributed by atoms with Crippen LogP contribution in [-0.4, -0.2) is 71.8 Å². The van der Waals surface area contributed by atoms with Crippen LogP contribution in [0.5, 0.6) is 0 Å². The maximum atomic E-state index is 13.6. The zero-order chi connectivity index (χ0) is 21.0. The highest BCUT2D eigenvalue weighted by Crippen LogP contribution is 2.41. The van der Waals surface area contributed by atoms with E-state index in [0.717, 1.165) is 42.5 Å². The first kappa shape index (κ1) is 19.9. The number of rotatable bonds is 7. The number of aromatic nitrogens is 3. The summed E-state index contributed by atoms with van der Waals surface area (Å²) >= 11 is 0. The summed E-state index contributed by atoms with van der Waals surface area (Å²) in [5, 5.41) is 5.44. The van der Waals surface area contributed by atoms with Crippen molar-refractivity contribution >= 4 is 26.8 Å². The van der Waals surface area contributed by atoms with E-state index in [-0.39, 0.29) is 29.5 Å². The Balaban J connectivity index is 1.61. The molecule has 2 saturated carbocycles. The molecule has 2 aromatic heterocycles. The molecule has 162 valence electrons. The highest BCUT2D eigenvalue weighted by atomic mass is 32.2. The van der Waals surface area contributed by atoms with E-state index in [1.54, 1.807) is 11.8 Å². The lowest BCUT2D eigenvalue weighted by molar-refractivity contribution is 0.0682. The number of fused-ring (bicyclic) bond motifs is 1. The second-order valence-corrected chi connectivity index (χ2v) is 11.1. The van der Waals surface area contributed by atoms with Crippen molar-refractivity contribution < 1.29 is 17.9 Å². The molecule has 1 amide bonds. The number of amides is 1. The second kappa shape index (κ2) is 7.30. The monoisotopic (exact) mass is 432 g/mol. The molecule has 30 heavy (non-hydrogen) atoms. The summed E-state index contributed by atoms with van der Waals surface area (Å²) in [5.74, 6) is 0.651. The fourth-order valence-corrected chi connectivity index (χ4v) is 6.18. The number of sulfone groups is 1. The molecule has 3 aliphatic rings. The number of methoxy groups -OCH3 is 1. The van der Waals surface area contributed by atoms with E-state index in [2.05, 4.69) is 5.10 Å². The van der Waals surface area contributed by atoms with E-state index in [1.165, 1.54) is 0 Å². The van der Waals surface area contributed by atoms with Crippen LogP contribution in [0.1, 0.15) is 65.8 Å². The average molecular weight is 433 g/mol. The van der Waals surface area contributed by atoms with Gasteiger partial charge in [-0.3, -0.25) is 4.79 Å². The number of aryl methyl sites for hydroxylation is 1. The summed E-state index contributed by atoms with van der Waals surface area (Å²) in [7, 11) is -1.40. The summed E-state index contributed by atoms with van der Waals surface area (Å²) in [4.78, 5) is 20.4. The molecule has 0 aromatic carbocycles. The van der Waals surface area contributed by atoms with Gasteiger partial charge in [-0.2, -0.15) is 5.10 Å². The van der Waals surface area contributed by atoms with Crippen molar-refractivity contribution in [1.82, 2.24) is 19.7 Å². The number of hydrogen-bond donors (Lipinski definition) is 0. The number of carbonyl (C=O) groups is 1. The predicted octanol–water partition coefficient (Wildman–Crippen LogP) is 2.23. The van der Waals surface area contributed by atoms with Gasteiger partial charge in [0.15, 0.2) is 15.5 Å². The van der Waals surface area contributed by atoms with Crippen LogP contribution in [0.25, 0.3) is 11.0 Å². The highest BCUT2D eigenvalue weighted by Gasteiger charge is 2.37. The molecule has 0 bridgehead atoms. The van der Waals surface area contributed by atoms with Gasteiger partial charge < -0.3 is 9.64 Å². The topological polar surface area (TPSA) is 94.4 Å². The van der Waals surface area contributed by atoms with Crippen molar-refractivity contribution in [2.75, 3.05) is 31.8 Å². The van der Waals surface area contributed by atoms with Gasteiger partial charge in [-0.25, -0.2) is 18.1 Å². The summed E-state index contributed by atoms with van der Waals surface area (Å²) in [6, 6.07) is 2.01. The molecule has 8 nitrogen and oxygen atoms in total. The molecule has 1 saturated heterocycles. The minimum Gasteiger partial charge on any atom is -0.383 e. The van der Waals surface area contributed by atoms with Crippen LogP contribution in [0.2, 0.25) is 0 Å². The van der Waals surface area contributed by atoms with Crippen molar-refractivity contribution in [2.45, 2.75) is 57.0 Å². The number of hydrogen-bond acceptors (Lipinski definition) is 6. The van der Waals surface area contributed by atoms with Crippen molar-refractivity contribution in [1.29, 1.82) is 0 Å². The van der Waals surface area contributed by atoms with Crippen LogP contribution in [0, 0.1) is 6.92 Å². The van der Waals surface area contributed by atoms with Crippen molar-refractivity contribution in [3.05, 3.63) is 23.0 Å². The first-order valence-corrected chi connectivity index (χ1v) is 12.6. The lowest BCUT2D eigenvalue weighted by Gasteiger charge is -2.23. The molecule has 1 unspecified atom stereocenters. The van der Waals surface area contributed by atoms with Gasteiger partial charge in [0.25, 0.3) is 5.91 Å². The Morgan fingerprint density at radius 1 is 1.27 bits per heavy atom. The Kier molecular flexibility index (Phi) is 4.85. The maximum Gasteiger partial charge on any atom is 0.255 e. The van der Waals surface area contributed by atoms with E-state index in [4.69, 9.17) is 9.72 Å². The lowest BCUT2D eigenvalue weighted by Crippen LogP contribution is -2.36. The molecule has 0 spiro atoms. The third kappa shape index (κ3) is 3.62. The van der Waals surface area contributed by atoms with Crippen LogP contribution >= 0.6 is 0 Å². The molecular weight excluding hydrogens is 404 g/mol. The quantitative estimate of drug-likeness (QED) is 0.666. The normalized spacial score (nSPS) is 23.2. The zero-order valence-corrected chi connectivity index (χ0v) is 18.3. The van der Waals surface area contributed by atoms with Gasteiger partial charge in [-0.05, 0) is 45.1 Å². The van der Waals surface area contributed by atoms with Crippen LogP contribution < -0.4 is 0 Å².